The number of hydrogen-bond donors (Lipinski definition) is 2. The molecule has 0 aliphatic heterocycles. The third-order valence-electron chi connectivity index (χ3n) is 5.08. The maximum atomic E-state index is 12.7. The molecule has 8 heteroatoms. The Balaban J connectivity index is 1.29. The van der Waals surface area contributed by atoms with Crippen LogP contribution in [0.25, 0.3) is 0 Å². The molecule has 0 saturated carbocycles. The van der Waals surface area contributed by atoms with Crippen molar-refractivity contribution in [3.05, 3.63) is 108 Å². The van der Waals surface area contributed by atoms with Gasteiger partial charge in [-0.05, 0) is 66.2 Å². The van der Waals surface area contributed by atoms with E-state index in [1.807, 2.05) is 36.5 Å². The molecule has 0 atom stereocenters. The molecule has 3 aromatic carbocycles. The summed E-state index contributed by atoms with van der Waals surface area (Å²) in [7, 11) is 1.54. The van der Waals surface area contributed by atoms with E-state index >= 15 is 0 Å². The molecule has 4 rings (SSSR count). The fraction of sp³-hybridized carbons (Fsp3) is 0.107. The van der Waals surface area contributed by atoms with Gasteiger partial charge in [0, 0.05) is 40.0 Å². The van der Waals surface area contributed by atoms with Crippen LogP contribution < -0.4 is 20.1 Å². The number of benzene rings is 3. The molecule has 0 radical (unpaired) electrons. The Morgan fingerprint density at radius 2 is 1.61 bits per heavy atom. The summed E-state index contributed by atoms with van der Waals surface area (Å²) in [6.07, 6.45) is 3.60. The summed E-state index contributed by atoms with van der Waals surface area (Å²) in [6, 6.07) is 25.4. The maximum Gasteiger partial charge on any atom is 0.262 e. The SMILES string of the molecule is COc1ccccc1OCC(=O)Nc1cccc(NC(=O)c2ccc(SCc3cccnc3)cc2)c1. The fourth-order valence-electron chi connectivity index (χ4n) is 3.31. The van der Waals surface area contributed by atoms with Crippen LogP contribution in [0, 0.1) is 0 Å². The molecule has 0 aliphatic rings. The highest BCUT2D eigenvalue weighted by Crippen LogP contribution is 2.26. The van der Waals surface area contributed by atoms with Crippen molar-refractivity contribution in [1.82, 2.24) is 4.98 Å². The predicted molar refractivity (Wildman–Crippen MR) is 142 cm³/mol. The van der Waals surface area contributed by atoms with Crippen LogP contribution in [0.3, 0.4) is 0 Å². The average molecular weight is 500 g/mol. The van der Waals surface area contributed by atoms with Gasteiger partial charge in [-0.15, -0.1) is 11.8 Å². The van der Waals surface area contributed by atoms with Gasteiger partial charge in [0.1, 0.15) is 0 Å². The van der Waals surface area contributed by atoms with Gasteiger partial charge in [0.25, 0.3) is 11.8 Å². The van der Waals surface area contributed by atoms with E-state index in [1.165, 1.54) is 0 Å². The standard InChI is InChI=1S/C28H25N3O4S/c1-34-25-9-2-3-10-26(25)35-18-27(32)30-22-7-4-8-23(16-22)31-28(33)21-11-13-24(14-12-21)36-19-20-6-5-15-29-17-20/h2-17H,18-19H2,1H3,(H,30,32)(H,31,33). The highest BCUT2D eigenvalue weighted by Gasteiger charge is 2.10. The molecule has 1 aromatic heterocycles. The number of nitrogens with one attached hydrogen (secondary N) is 2. The Morgan fingerprint density at radius 1 is 0.861 bits per heavy atom. The highest BCUT2D eigenvalue weighted by atomic mass is 32.2. The Labute approximate surface area is 213 Å². The van der Waals surface area contributed by atoms with E-state index in [9.17, 15) is 9.59 Å². The first-order valence-corrected chi connectivity index (χ1v) is 12.2. The lowest BCUT2D eigenvalue weighted by atomic mass is 10.2. The second-order valence-corrected chi connectivity index (χ2v) is 8.75. The predicted octanol–water partition coefficient (Wildman–Crippen LogP) is 5.65. The molecule has 0 unspecified atom stereocenters. The largest absolute Gasteiger partial charge is 0.493 e. The number of methoxy groups -OCH3 is 1. The number of amides is 2. The van der Waals surface area contributed by atoms with E-state index in [1.54, 1.807) is 79.7 Å². The zero-order valence-corrected chi connectivity index (χ0v) is 20.5. The molecular weight excluding hydrogens is 474 g/mol. The van der Waals surface area contributed by atoms with Crippen LogP contribution in [0.4, 0.5) is 11.4 Å². The van der Waals surface area contributed by atoms with Gasteiger partial charge >= 0.3 is 0 Å². The van der Waals surface area contributed by atoms with Crippen LogP contribution in [-0.4, -0.2) is 30.5 Å². The van der Waals surface area contributed by atoms with Gasteiger partial charge in [0.15, 0.2) is 18.1 Å². The van der Waals surface area contributed by atoms with Crippen molar-refractivity contribution in [3.8, 4) is 11.5 Å². The van der Waals surface area contributed by atoms with E-state index in [-0.39, 0.29) is 18.4 Å². The summed E-state index contributed by atoms with van der Waals surface area (Å²) in [4.78, 5) is 30.2. The number of hydrogen-bond acceptors (Lipinski definition) is 6. The minimum atomic E-state index is -0.330. The van der Waals surface area contributed by atoms with E-state index in [4.69, 9.17) is 9.47 Å². The van der Waals surface area contributed by atoms with Crippen LogP contribution in [-0.2, 0) is 10.5 Å². The van der Waals surface area contributed by atoms with Gasteiger partial charge in [-0.25, -0.2) is 0 Å². The molecule has 7 nitrogen and oxygen atoms in total. The summed E-state index contributed by atoms with van der Waals surface area (Å²) >= 11 is 1.68. The summed E-state index contributed by atoms with van der Waals surface area (Å²) in [6.45, 7) is -0.178. The quantitative estimate of drug-likeness (QED) is 0.274. The van der Waals surface area contributed by atoms with Gasteiger partial charge < -0.3 is 20.1 Å². The van der Waals surface area contributed by atoms with E-state index < -0.39 is 0 Å². The first kappa shape index (κ1) is 24.8. The van der Waals surface area contributed by atoms with Crippen LogP contribution in [0.1, 0.15) is 15.9 Å². The second-order valence-electron chi connectivity index (χ2n) is 7.70. The summed E-state index contributed by atoms with van der Waals surface area (Å²) in [5.41, 5.74) is 2.80. The van der Waals surface area contributed by atoms with Crippen LogP contribution in [0.5, 0.6) is 11.5 Å². The topological polar surface area (TPSA) is 89.5 Å². The molecule has 2 amide bonds. The molecule has 2 N–H and O–H groups in total. The summed E-state index contributed by atoms with van der Waals surface area (Å²) in [5.74, 6) is 1.28. The second kappa shape index (κ2) is 12.4. The van der Waals surface area contributed by atoms with E-state index in [0.29, 0.717) is 28.4 Å². The summed E-state index contributed by atoms with van der Waals surface area (Å²) in [5, 5.41) is 5.64. The molecule has 4 aromatic rings. The van der Waals surface area contributed by atoms with Crippen molar-refractivity contribution in [2.75, 3.05) is 24.4 Å². The van der Waals surface area contributed by atoms with Gasteiger partial charge in [0.2, 0.25) is 0 Å². The minimum Gasteiger partial charge on any atom is -0.493 e. The first-order valence-electron chi connectivity index (χ1n) is 11.2. The molecule has 0 aliphatic carbocycles. The lowest BCUT2D eigenvalue weighted by Gasteiger charge is -2.11. The van der Waals surface area contributed by atoms with Crippen molar-refractivity contribution < 1.29 is 19.1 Å². The molecule has 0 fully saturated rings. The van der Waals surface area contributed by atoms with Gasteiger partial charge in [-0.2, -0.15) is 0 Å². The van der Waals surface area contributed by atoms with E-state index in [2.05, 4.69) is 15.6 Å². The third-order valence-corrected chi connectivity index (χ3v) is 6.16. The zero-order chi connectivity index (χ0) is 25.2. The third kappa shape index (κ3) is 7.10. The average Bonchev–Trinajstić information content (AvgIpc) is 2.92. The molecule has 0 saturated heterocycles. The Kier molecular flexibility index (Phi) is 8.56. The smallest absolute Gasteiger partial charge is 0.262 e. The number of thioether (sulfide) groups is 1. The van der Waals surface area contributed by atoms with Crippen molar-refractivity contribution >= 4 is 35.0 Å². The number of rotatable bonds is 10. The normalized spacial score (nSPS) is 10.4. The van der Waals surface area contributed by atoms with E-state index in [0.717, 1.165) is 16.2 Å². The molecule has 0 bridgehead atoms. The molecule has 0 spiro atoms. The first-order chi connectivity index (χ1) is 17.6. The van der Waals surface area contributed by atoms with Crippen molar-refractivity contribution in [2.45, 2.75) is 10.6 Å². The molecule has 36 heavy (non-hydrogen) atoms. The number of anilines is 2. The Hall–Kier alpha value is -4.30. The zero-order valence-electron chi connectivity index (χ0n) is 19.6. The number of carbonyl (C=O) groups excluding carboxylic acids is 2. The monoisotopic (exact) mass is 499 g/mol. The summed E-state index contributed by atoms with van der Waals surface area (Å²) < 4.78 is 10.8. The maximum absolute atomic E-state index is 12.7. The van der Waals surface area contributed by atoms with Crippen molar-refractivity contribution in [3.63, 3.8) is 0 Å². The minimum absolute atomic E-state index is 0.178. The number of ether oxygens (including phenoxy) is 2. The number of carbonyl (C=O) groups is 2. The Bertz CT molecular complexity index is 1310. The number of pyridine rings is 1. The lowest BCUT2D eigenvalue weighted by Crippen LogP contribution is -2.20. The number of nitrogens with zero attached hydrogens (tertiary/aromatic N) is 1. The van der Waals surface area contributed by atoms with Crippen molar-refractivity contribution in [2.24, 2.45) is 0 Å². The van der Waals surface area contributed by atoms with Crippen LogP contribution in [0.15, 0.2) is 102 Å². The molecule has 182 valence electrons. The van der Waals surface area contributed by atoms with Gasteiger partial charge in [0.05, 0.1) is 7.11 Å². The lowest BCUT2D eigenvalue weighted by molar-refractivity contribution is -0.118. The number of aromatic nitrogens is 1. The van der Waals surface area contributed by atoms with Crippen molar-refractivity contribution in [1.29, 1.82) is 0 Å². The Morgan fingerprint density at radius 3 is 2.33 bits per heavy atom. The highest BCUT2D eigenvalue weighted by molar-refractivity contribution is 7.98. The molecule has 1 heterocycles. The number of para-hydroxylation sites is 2. The van der Waals surface area contributed by atoms with Gasteiger partial charge in [-0.3, -0.25) is 14.6 Å². The van der Waals surface area contributed by atoms with Crippen LogP contribution in [0.2, 0.25) is 0 Å². The fourth-order valence-corrected chi connectivity index (χ4v) is 4.14. The van der Waals surface area contributed by atoms with Crippen LogP contribution >= 0.6 is 11.8 Å². The molecular formula is C28H25N3O4S. The van der Waals surface area contributed by atoms with Gasteiger partial charge in [-0.1, -0.05) is 24.3 Å².